The van der Waals surface area contributed by atoms with E-state index in [2.05, 4.69) is 10.3 Å². The van der Waals surface area contributed by atoms with Crippen LogP contribution < -0.4 is 5.32 Å². The third kappa shape index (κ3) is 3.56. The molecule has 0 aromatic carbocycles. The average Bonchev–Trinajstić information content (AvgIpc) is 2.62. The summed E-state index contributed by atoms with van der Waals surface area (Å²) in [5, 5.41) is 11.8. The highest BCUT2D eigenvalue weighted by molar-refractivity contribution is 5.77. The van der Waals surface area contributed by atoms with Crippen LogP contribution in [0.15, 0.2) is 10.6 Å². The number of carboxylic acid groups (broad SMARTS) is 1. The zero-order valence-electron chi connectivity index (χ0n) is 11.0. The van der Waals surface area contributed by atoms with Crippen LogP contribution in [0.1, 0.15) is 46.3 Å². The van der Waals surface area contributed by atoms with Crippen LogP contribution >= 0.6 is 0 Å². The molecule has 0 amide bonds. The Morgan fingerprint density at radius 1 is 1.41 bits per heavy atom. The number of aliphatic carboxylic acids is 1. The lowest BCUT2D eigenvalue weighted by Crippen LogP contribution is -2.46. The number of carbonyl (C=O) groups is 1. The van der Waals surface area contributed by atoms with E-state index in [1.165, 1.54) is 0 Å². The Kier molecular flexibility index (Phi) is 3.62. The number of carboxylic acids is 1. The molecule has 5 nitrogen and oxygen atoms in total. The quantitative estimate of drug-likeness (QED) is 0.841. The van der Waals surface area contributed by atoms with E-state index in [1.54, 1.807) is 20.0 Å². The van der Waals surface area contributed by atoms with E-state index in [9.17, 15) is 4.79 Å². The van der Waals surface area contributed by atoms with Gasteiger partial charge in [0.05, 0.1) is 12.7 Å². The minimum absolute atomic E-state index is 0.0897. The molecule has 0 aliphatic carbocycles. The Balaban J connectivity index is 2.66. The van der Waals surface area contributed by atoms with Gasteiger partial charge >= 0.3 is 5.97 Å². The molecule has 0 bridgehead atoms. The maximum atomic E-state index is 10.9. The van der Waals surface area contributed by atoms with Gasteiger partial charge < -0.3 is 9.52 Å². The summed E-state index contributed by atoms with van der Waals surface area (Å²) in [6, 6.07) is 0. The monoisotopic (exact) mass is 240 g/mol. The molecule has 0 saturated heterocycles. The number of oxazole rings is 1. The molecule has 1 heterocycles. The first-order chi connectivity index (χ1) is 7.63. The minimum atomic E-state index is -0.990. The molecular weight excluding hydrogens is 220 g/mol. The van der Waals surface area contributed by atoms with Crippen LogP contribution in [0.25, 0.3) is 0 Å². The van der Waals surface area contributed by atoms with Gasteiger partial charge in [-0.1, -0.05) is 20.8 Å². The Morgan fingerprint density at radius 2 is 2.00 bits per heavy atom. The molecule has 0 fully saturated rings. The SMILES string of the molecule is CC(C)(NCc1ncc(C(C)(C)C)o1)C(=O)O. The summed E-state index contributed by atoms with van der Waals surface area (Å²) >= 11 is 0. The van der Waals surface area contributed by atoms with Crippen molar-refractivity contribution in [3.05, 3.63) is 17.8 Å². The third-order valence-electron chi connectivity index (χ3n) is 2.51. The molecule has 1 rings (SSSR count). The smallest absolute Gasteiger partial charge is 0.323 e. The summed E-state index contributed by atoms with van der Waals surface area (Å²) in [5.41, 5.74) is -1.08. The van der Waals surface area contributed by atoms with Gasteiger partial charge in [0.15, 0.2) is 0 Å². The lowest BCUT2D eigenvalue weighted by Gasteiger charge is -2.19. The van der Waals surface area contributed by atoms with Gasteiger partial charge in [-0.3, -0.25) is 10.1 Å². The molecule has 0 unspecified atom stereocenters. The van der Waals surface area contributed by atoms with E-state index < -0.39 is 11.5 Å². The molecule has 0 aliphatic heterocycles. The molecule has 1 aromatic heterocycles. The number of hydrogen-bond acceptors (Lipinski definition) is 4. The van der Waals surface area contributed by atoms with Gasteiger partial charge in [-0.25, -0.2) is 4.98 Å². The Morgan fingerprint density at radius 3 is 2.41 bits per heavy atom. The molecular formula is C12H20N2O3. The van der Waals surface area contributed by atoms with Crippen LogP contribution in [-0.4, -0.2) is 21.6 Å². The van der Waals surface area contributed by atoms with E-state index in [4.69, 9.17) is 9.52 Å². The van der Waals surface area contributed by atoms with Crippen LogP contribution in [0.4, 0.5) is 0 Å². The molecule has 5 heteroatoms. The summed E-state index contributed by atoms with van der Waals surface area (Å²) in [4.78, 5) is 15.0. The fourth-order valence-electron chi connectivity index (χ4n) is 1.11. The van der Waals surface area contributed by atoms with E-state index in [1.807, 2.05) is 20.8 Å². The molecule has 0 radical (unpaired) electrons. The highest BCUT2D eigenvalue weighted by Crippen LogP contribution is 2.22. The highest BCUT2D eigenvalue weighted by Gasteiger charge is 2.27. The second-order valence-corrected chi connectivity index (χ2v) is 5.65. The van der Waals surface area contributed by atoms with Crippen molar-refractivity contribution in [2.75, 3.05) is 0 Å². The summed E-state index contributed by atoms with van der Waals surface area (Å²) in [6.45, 7) is 9.60. The fraction of sp³-hybridized carbons (Fsp3) is 0.667. The van der Waals surface area contributed by atoms with E-state index >= 15 is 0 Å². The standard InChI is InChI=1S/C12H20N2O3/c1-11(2,3)8-6-13-9(17-8)7-14-12(4,5)10(15)16/h6,14H,7H2,1-5H3,(H,15,16). The van der Waals surface area contributed by atoms with Gasteiger partial charge in [-0.05, 0) is 13.8 Å². The molecule has 0 aliphatic rings. The van der Waals surface area contributed by atoms with Crippen LogP contribution in [-0.2, 0) is 16.8 Å². The molecule has 2 N–H and O–H groups in total. The van der Waals surface area contributed by atoms with E-state index in [0.29, 0.717) is 12.4 Å². The Bertz CT molecular complexity index is 402. The first-order valence-electron chi connectivity index (χ1n) is 5.56. The Labute approximate surface area is 101 Å². The third-order valence-corrected chi connectivity index (χ3v) is 2.51. The molecule has 0 saturated carbocycles. The van der Waals surface area contributed by atoms with Crippen molar-refractivity contribution in [2.45, 2.75) is 52.1 Å². The fourth-order valence-corrected chi connectivity index (χ4v) is 1.11. The summed E-state index contributed by atoms with van der Waals surface area (Å²) in [6.07, 6.45) is 1.69. The van der Waals surface area contributed by atoms with Gasteiger partial charge in [-0.15, -0.1) is 0 Å². The van der Waals surface area contributed by atoms with Crippen molar-refractivity contribution in [2.24, 2.45) is 0 Å². The van der Waals surface area contributed by atoms with Crippen molar-refractivity contribution in [3.63, 3.8) is 0 Å². The average molecular weight is 240 g/mol. The maximum absolute atomic E-state index is 10.9. The number of hydrogen-bond donors (Lipinski definition) is 2. The van der Waals surface area contributed by atoms with Crippen molar-refractivity contribution >= 4 is 5.97 Å². The Hall–Kier alpha value is -1.36. The summed E-state index contributed by atoms with van der Waals surface area (Å²) < 4.78 is 5.56. The number of rotatable bonds is 4. The first kappa shape index (κ1) is 13.7. The molecule has 1 aromatic rings. The zero-order chi connectivity index (χ0) is 13.3. The predicted octanol–water partition coefficient (Wildman–Crippen LogP) is 1.92. The second-order valence-electron chi connectivity index (χ2n) is 5.65. The van der Waals surface area contributed by atoms with Crippen LogP contribution in [0.2, 0.25) is 0 Å². The van der Waals surface area contributed by atoms with Crippen molar-refractivity contribution in [1.82, 2.24) is 10.3 Å². The van der Waals surface area contributed by atoms with Crippen molar-refractivity contribution in [1.29, 1.82) is 0 Å². The predicted molar refractivity (Wildman–Crippen MR) is 63.8 cm³/mol. The molecule has 96 valence electrons. The molecule has 0 atom stereocenters. The number of aromatic nitrogens is 1. The van der Waals surface area contributed by atoms with Gasteiger partial charge in [0.1, 0.15) is 11.3 Å². The lowest BCUT2D eigenvalue weighted by atomic mass is 9.94. The largest absolute Gasteiger partial charge is 0.480 e. The molecule has 0 spiro atoms. The van der Waals surface area contributed by atoms with Crippen LogP contribution in [0.5, 0.6) is 0 Å². The summed E-state index contributed by atoms with van der Waals surface area (Å²) in [5.74, 6) is 0.395. The van der Waals surface area contributed by atoms with Gasteiger partial charge in [-0.2, -0.15) is 0 Å². The van der Waals surface area contributed by atoms with Gasteiger partial charge in [0, 0.05) is 5.41 Å². The van der Waals surface area contributed by atoms with Crippen LogP contribution in [0, 0.1) is 0 Å². The highest BCUT2D eigenvalue weighted by atomic mass is 16.4. The minimum Gasteiger partial charge on any atom is -0.480 e. The number of nitrogens with one attached hydrogen (secondary N) is 1. The summed E-state index contributed by atoms with van der Waals surface area (Å²) in [7, 11) is 0. The van der Waals surface area contributed by atoms with E-state index in [0.717, 1.165) is 5.76 Å². The topological polar surface area (TPSA) is 75.4 Å². The van der Waals surface area contributed by atoms with Gasteiger partial charge in [0.2, 0.25) is 5.89 Å². The zero-order valence-corrected chi connectivity index (χ0v) is 11.0. The first-order valence-corrected chi connectivity index (χ1v) is 5.56. The van der Waals surface area contributed by atoms with Crippen molar-refractivity contribution < 1.29 is 14.3 Å². The second kappa shape index (κ2) is 4.49. The van der Waals surface area contributed by atoms with E-state index in [-0.39, 0.29) is 5.41 Å². The van der Waals surface area contributed by atoms with Crippen LogP contribution in [0.3, 0.4) is 0 Å². The van der Waals surface area contributed by atoms with Crippen molar-refractivity contribution in [3.8, 4) is 0 Å². The normalized spacial score (nSPS) is 12.8. The van der Waals surface area contributed by atoms with Gasteiger partial charge in [0.25, 0.3) is 0 Å². The molecule has 17 heavy (non-hydrogen) atoms. The lowest BCUT2D eigenvalue weighted by molar-refractivity contribution is -0.143. The number of nitrogens with zero attached hydrogens (tertiary/aromatic N) is 1. The maximum Gasteiger partial charge on any atom is 0.323 e.